The molecule has 1 aromatic heterocycles. The highest BCUT2D eigenvalue weighted by atomic mass is 32.2. The van der Waals surface area contributed by atoms with Crippen LogP contribution in [0, 0.1) is 0 Å². The van der Waals surface area contributed by atoms with Crippen LogP contribution in [0.15, 0.2) is 41.4 Å². The topological polar surface area (TPSA) is 98.4 Å². The van der Waals surface area contributed by atoms with Gasteiger partial charge in [-0.2, -0.15) is 13.2 Å². The molecule has 2 aromatic rings. The normalized spacial score (nSPS) is 16.4. The van der Waals surface area contributed by atoms with Crippen LogP contribution in [0.25, 0.3) is 0 Å². The Balaban J connectivity index is 1.63. The number of primary sulfonamides is 1. The van der Waals surface area contributed by atoms with Gasteiger partial charge < -0.3 is 9.64 Å². The summed E-state index contributed by atoms with van der Waals surface area (Å²) in [7, 11) is -3.91. The molecule has 11 heteroatoms. The van der Waals surface area contributed by atoms with E-state index in [-0.39, 0.29) is 16.9 Å². The van der Waals surface area contributed by atoms with Crippen LogP contribution in [-0.4, -0.2) is 37.8 Å². The van der Waals surface area contributed by atoms with Crippen LogP contribution in [0.1, 0.15) is 18.4 Å². The molecule has 7 nitrogen and oxygen atoms in total. The number of sulfonamides is 1. The summed E-state index contributed by atoms with van der Waals surface area (Å²) in [4.78, 5) is 1.86. The number of anilines is 1. The van der Waals surface area contributed by atoms with Crippen molar-refractivity contribution < 1.29 is 26.3 Å². The summed E-state index contributed by atoms with van der Waals surface area (Å²) in [5.41, 5.74) is -0.795. The zero-order valence-corrected chi connectivity index (χ0v) is 14.9. The Hall–Kier alpha value is -2.40. The van der Waals surface area contributed by atoms with Crippen molar-refractivity contribution in [3.63, 3.8) is 0 Å². The fourth-order valence-corrected chi connectivity index (χ4v) is 3.23. The smallest absolute Gasteiger partial charge is 0.419 e. The van der Waals surface area contributed by atoms with Crippen LogP contribution < -0.4 is 14.8 Å². The van der Waals surface area contributed by atoms with E-state index in [1.54, 1.807) is 0 Å². The first-order valence-corrected chi connectivity index (χ1v) is 9.63. The number of halogens is 3. The van der Waals surface area contributed by atoms with Crippen molar-refractivity contribution in [1.29, 1.82) is 0 Å². The number of alkyl halides is 3. The molecule has 0 radical (unpaired) electrons. The number of benzene rings is 1. The summed E-state index contributed by atoms with van der Waals surface area (Å²) in [5.74, 6) is 0.289. The summed E-state index contributed by atoms with van der Waals surface area (Å²) in [6.07, 6.45) is -3.85. The lowest BCUT2D eigenvalue weighted by Crippen LogP contribution is -2.39. The Kier molecular flexibility index (Phi) is 5.24. The average Bonchev–Trinajstić information content (AvgIpc) is 2.61. The van der Waals surface area contributed by atoms with E-state index in [1.165, 1.54) is 30.3 Å². The van der Waals surface area contributed by atoms with E-state index < -0.39 is 21.8 Å². The SMILES string of the molecule is NS(=O)(=O)c1ccc(N2CCC(Oc3ccccc3C(F)(F)F)CC2)nn1. The predicted molar refractivity (Wildman–Crippen MR) is 90.7 cm³/mol. The molecule has 2 N–H and O–H groups in total. The van der Waals surface area contributed by atoms with Gasteiger partial charge in [0.05, 0.1) is 5.56 Å². The van der Waals surface area contributed by atoms with Crippen LogP contribution >= 0.6 is 0 Å². The van der Waals surface area contributed by atoms with Crippen LogP contribution in [0.3, 0.4) is 0 Å². The molecule has 0 bridgehead atoms. The Morgan fingerprint density at radius 1 is 1.07 bits per heavy atom. The number of aromatic nitrogens is 2. The van der Waals surface area contributed by atoms with Gasteiger partial charge in [-0.25, -0.2) is 13.6 Å². The van der Waals surface area contributed by atoms with Gasteiger partial charge in [0.25, 0.3) is 10.0 Å². The quantitative estimate of drug-likeness (QED) is 0.842. The third kappa shape index (κ3) is 4.66. The summed E-state index contributed by atoms with van der Waals surface area (Å²) in [6, 6.07) is 7.89. The molecule has 0 atom stereocenters. The van der Waals surface area contributed by atoms with Crippen molar-refractivity contribution in [2.45, 2.75) is 30.1 Å². The number of piperidine rings is 1. The van der Waals surface area contributed by atoms with Crippen molar-refractivity contribution in [1.82, 2.24) is 10.2 Å². The molecule has 3 rings (SSSR count). The number of para-hydroxylation sites is 1. The molecular weight excluding hydrogens is 385 g/mol. The number of hydrogen-bond acceptors (Lipinski definition) is 6. The molecule has 0 spiro atoms. The summed E-state index contributed by atoms with van der Waals surface area (Å²) < 4.78 is 67.1. The molecule has 0 aliphatic carbocycles. The first-order valence-electron chi connectivity index (χ1n) is 8.09. The standard InChI is InChI=1S/C16H17F3N4O3S/c17-16(18,19)12-3-1-2-4-13(12)26-11-7-9-23(10-8-11)14-5-6-15(22-21-14)27(20,24)25/h1-6,11H,7-10H2,(H2,20,24,25). The maximum absolute atomic E-state index is 13.0. The molecular formula is C16H17F3N4O3S. The Bertz CT molecular complexity index is 896. The average molecular weight is 402 g/mol. The molecule has 0 saturated carbocycles. The summed E-state index contributed by atoms with van der Waals surface area (Å²) in [6.45, 7) is 0.977. The lowest BCUT2D eigenvalue weighted by molar-refractivity contribution is -0.139. The molecule has 2 heterocycles. The predicted octanol–water partition coefficient (Wildman–Crippen LogP) is 2.19. The monoisotopic (exact) mass is 402 g/mol. The summed E-state index contributed by atoms with van der Waals surface area (Å²) in [5, 5.41) is 12.1. The van der Waals surface area contributed by atoms with Gasteiger partial charge in [0, 0.05) is 25.9 Å². The van der Waals surface area contributed by atoms with Crippen molar-refractivity contribution in [2.24, 2.45) is 5.14 Å². The fraction of sp³-hybridized carbons (Fsp3) is 0.375. The highest BCUT2D eigenvalue weighted by Gasteiger charge is 2.35. The minimum Gasteiger partial charge on any atom is -0.490 e. The lowest BCUT2D eigenvalue weighted by atomic mass is 10.1. The minimum absolute atomic E-state index is 0.180. The molecule has 0 amide bonds. The third-order valence-corrected chi connectivity index (χ3v) is 4.97. The van der Waals surface area contributed by atoms with Crippen molar-refractivity contribution >= 4 is 15.8 Å². The first-order chi connectivity index (χ1) is 12.6. The summed E-state index contributed by atoms with van der Waals surface area (Å²) >= 11 is 0. The van der Waals surface area contributed by atoms with E-state index in [1.807, 2.05) is 4.90 Å². The minimum atomic E-state index is -4.47. The number of ether oxygens (including phenoxy) is 1. The molecule has 0 unspecified atom stereocenters. The van der Waals surface area contributed by atoms with Crippen LogP contribution in [-0.2, 0) is 16.2 Å². The van der Waals surface area contributed by atoms with E-state index in [4.69, 9.17) is 9.88 Å². The zero-order valence-electron chi connectivity index (χ0n) is 14.1. The maximum Gasteiger partial charge on any atom is 0.419 e. The Morgan fingerprint density at radius 3 is 2.30 bits per heavy atom. The lowest BCUT2D eigenvalue weighted by Gasteiger charge is -2.33. The highest BCUT2D eigenvalue weighted by molar-refractivity contribution is 7.89. The highest BCUT2D eigenvalue weighted by Crippen LogP contribution is 2.37. The Labute approximate surface area is 154 Å². The fourth-order valence-electron chi connectivity index (χ4n) is 2.82. The molecule has 1 aliphatic heterocycles. The van der Waals surface area contributed by atoms with E-state index in [9.17, 15) is 21.6 Å². The van der Waals surface area contributed by atoms with Gasteiger partial charge in [-0.3, -0.25) is 0 Å². The first kappa shape index (κ1) is 19.4. The van der Waals surface area contributed by atoms with Crippen LogP contribution in [0.2, 0.25) is 0 Å². The molecule has 1 aliphatic rings. The molecule has 1 saturated heterocycles. The third-order valence-electron chi connectivity index (χ3n) is 4.17. The van der Waals surface area contributed by atoms with Gasteiger partial charge in [-0.05, 0) is 24.3 Å². The van der Waals surface area contributed by atoms with Gasteiger partial charge in [0.15, 0.2) is 10.8 Å². The van der Waals surface area contributed by atoms with Gasteiger partial charge in [-0.15, -0.1) is 10.2 Å². The largest absolute Gasteiger partial charge is 0.490 e. The zero-order chi connectivity index (χ0) is 19.7. The van der Waals surface area contributed by atoms with Crippen molar-refractivity contribution in [3.8, 4) is 5.75 Å². The van der Waals surface area contributed by atoms with Crippen LogP contribution in [0.4, 0.5) is 19.0 Å². The van der Waals surface area contributed by atoms with Crippen molar-refractivity contribution in [3.05, 3.63) is 42.0 Å². The molecule has 1 fully saturated rings. The second-order valence-electron chi connectivity index (χ2n) is 6.07. The second kappa shape index (κ2) is 7.31. The molecule has 146 valence electrons. The second-order valence-corrected chi connectivity index (χ2v) is 7.58. The number of nitrogens with two attached hydrogens (primary N) is 1. The van der Waals surface area contributed by atoms with E-state index in [0.717, 1.165) is 6.07 Å². The number of hydrogen-bond donors (Lipinski definition) is 1. The van der Waals surface area contributed by atoms with E-state index in [2.05, 4.69) is 10.2 Å². The molecule has 27 heavy (non-hydrogen) atoms. The van der Waals surface area contributed by atoms with Gasteiger partial charge >= 0.3 is 6.18 Å². The van der Waals surface area contributed by atoms with Gasteiger partial charge in [0.1, 0.15) is 11.9 Å². The van der Waals surface area contributed by atoms with Gasteiger partial charge in [0.2, 0.25) is 0 Å². The maximum atomic E-state index is 13.0. The number of nitrogens with zero attached hydrogens (tertiary/aromatic N) is 3. The van der Waals surface area contributed by atoms with Gasteiger partial charge in [-0.1, -0.05) is 12.1 Å². The van der Waals surface area contributed by atoms with Crippen LogP contribution in [0.5, 0.6) is 5.75 Å². The number of rotatable bonds is 4. The van der Waals surface area contributed by atoms with Crippen molar-refractivity contribution in [2.75, 3.05) is 18.0 Å². The van der Waals surface area contributed by atoms with E-state index >= 15 is 0 Å². The Morgan fingerprint density at radius 2 is 1.74 bits per heavy atom. The molecule has 1 aromatic carbocycles. The van der Waals surface area contributed by atoms with E-state index in [0.29, 0.717) is 31.7 Å².